The molecule has 2 rings (SSSR count). The second kappa shape index (κ2) is 3.56. The van der Waals surface area contributed by atoms with Gasteiger partial charge >= 0.3 is 0 Å². The molecule has 0 amide bonds. The summed E-state index contributed by atoms with van der Waals surface area (Å²) in [7, 11) is 0. The Hall–Kier alpha value is -0.120. The Labute approximate surface area is 79.8 Å². The molecular weight excluding hydrogens is 166 g/mol. The van der Waals surface area contributed by atoms with Crippen LogP contribution in [-0.2, 0) is 9.47 Å². The molecule has 0 bridgehead atoms. The van der Waals surface area contributed by atoms with Gasteiger partial charge in [0.25, 0.3) is 0 Å². The summed E-state index contributed by atoms with van der Waals surface area (Å²) in [6.07, 6.45) is 1.12. The third-order valence-electron chi connectivity index (χ3n) is 3.18. The van der Waals surface area contributed by atoms with Crippen molar-refractivity contribution in [1.29, 1.82) is 0 Å². The van der Waals surface area contributed by atoms with Crippen LogP contribution in [0.2, 0.25) is 0 Å². The van der Waals surface area contributed by atoms with Gasteiger partial charge in [0, 0.05) is 19.1 Å². The topological polar surface area (TPSA) is 30.5 Å². The summed E-state index contributed by atoms with van der Waals surface area (Å²) in [6, 6.07) is 0. The van der Waals surface area contributed by atoms with Crippen molar-refractivity contribution in [1.82, 2.24) is 5.32 Å². The molecule has 0 aromatic carbocycles. The number of hydrogen-bond acceptors (Lipinski definition) is 3. The zero-order chi connectivity index (χ0) is 9.31. The molecule has 13 heavy (non-hydrogen) atoms. The number of nitrogens with one attached hydrogen (secondary N) is 1. The highest BCUT2D eigenvalue weighted by molar-refractivity contribution is 4.87. The molecule has 3 atom stereocenters. The van der Waals surface area contributed by atoms with Gasteiger partial charge in [-0.1, -0.05) is 6.92 Å². The molecule has 0 spiro atoms. The minimum Gasteiger partial charge on any atom is -0.381 e. The van der Waals surface area contributed by atoms with Gasteiger partial charge < -0.3 is 9.47 Å². The fourth-order valence-corrected chi connectivity index (χ4v) is 2.03. The normalized spacial score (nSPS) is 46.6. The van der Waals surface area contributed by atoms with Crippen LogP contribution in [0.15, 0.2) is 0 Å². The predicted molar refractivity (Wildman–Crippen MR) is 50.4 cm³/mol. The summed E-state index contributed by atoms with van der Waals surface area (Å²) in [4.78, 5) is 0. The van der Waals surface area contributed by atoms with Crippen molar-refractivity contribution in [2.24, 2.45) is 11.8 Å². The fraction of sp³-hybridized carbons (Fsp3) is 1.00. The Balaban J connectivity index is 1.95. The van der Waals surface area contributed by atoms with Crippen LogP contribution in [-0.4, -0.2) is 32.1 Å². The summed E-state index contributed by atoms with van der Waals surface area (Å²) in [5.41, 5.74) is -0.136. The first-order chi connectivity index (χ1) is 6.21. The standard InChI is InChI=1S/C10H19NO2/c1-8-5-11-10(2,13-6-8)9-3-4-12-7-9/h8-9,11H,3-7H2,1-2H3. The monoisotopic (exact) mass is 185 g/mol. The van der Waals surface area contributed by atoms with Crippen LogP contribution < -0.4 is 5.32 Å². The van der Waals surface area contributed by atoms with Crippen LogP contribution in [0.25, 0.3) is 0 Å². The quantitative estimate of drug-likeness (QED) is 0.661. The lowest BCUT2D eigenvalue weighted by atomic mass is 9.94. The summed E-state index contributed by atoms with van der Waals surface area (Å²) < 4.78 is 11.3. The smallest absolute Gasteiger partial charge is 0.121 e. The van der Waals surface area contributed by atoms with Crippen molar-refractivity contribution in [3.05, 3.63) is 0 Å². The summed E-state index contributed by atoms with van der Waals surface area (Å²) in [5, 5.41) is 3.48. The molecule has 76 valence electrons. The molecule has 3 heteroatoms. The molecular formula is C10H19NO2. The zero-order valence-corrected chi connectivity index (χ0v) is 8.51. The molecule has 2 aliphatic heterocycles. The molecule has 3 unspecified atom stereocenters. The van der Waals surface area contributed by atoms with Crippen LogP contribution in [0.3, 0.4) is 0 Å². The number of ether oxygens (including phenoxy) is 2. The SMILES string of the molecule is CC1CNC(C)(C2CCOC2)OC1. The van der Waals surface area contributed by atoms with Gasteiger partial charge in [-0.2, -0.15) is 0 Å². The highest BCUT2D eigenvalue weighted by Gasteiger charge is 2.39. The van der Waals surface area contributed by atoms with E-state index >= 15 is 0 Å². The summed E-state index contributed by atoms with van der Waals surface area (Å²) in [5.74, 6) is 1.16. The van der Waals surface area contributed by atoms with Crippen LogP contribution in [0.1, 0.15) is 20.3 Å². The van der Waals surface area contributed by atoms with Crippen LogP contribution >= 0.6 is 0 Å². The Morgan fingerprint density at radius 3 is 2.77 bits per heavy atom. The van der Waals surface area contributed by atoms with E-state index in [-0.39, 0.29) is 5.72 Å². The maximum atomic E-state index is 5.87. The Morgan fingerprint density at radius 1 is 1.38 bits per heavy atom. The maximum Gasteiger partial charge on any atom is 0.121 e. The van der Waals surface area contributed by atoms with Crippen LogP contribution in [0.4, 0.5) is 0 Å². The van der Waals surface area contributed by atoms with Crippen molar-refractivity contribution in [2.45, 2.75) is 26.0 Å². The van der Waals surface area contributed by atoms with Gasteiger partial charge in [-0.15, -0.1) is 0 Å². The van der Waals surface area contributed by atoms with Gasteiger partial charge in [-0.25, -0.2) is 0 Å². The van der Waals surface area contributed by atoms with E-state index in [2.05, 4.69) is 19.2 Å². The Bertz CT molecular complexity index is 170. The molecule has 0 aliphatic carbocycles. The van der Waals surface area contributed by atoms with Crippen molar-refractivity contribution < 1.29 is 9.47 Å². The lowest BCUT2D eigenvalue weighted by molar-refractivity contribution is -0.135. The largest absolute Gasteiger partial charge is 0.381 e. The predicted octanol–water partition coefficient (Wildman–Crippen LogP) is 0.995. The van der Waals surface area contributed by atoms with Crippen molar-refractivity contribution in [3.63, 3.8) is 0 Å². The minimum absolute atomic E-state index is 0.136. The maximum absolute atomic E-state index is 5.87. The average molecular weight is 185 g/mol. The van der Waals surface area contributed by atoms with Gasteiger partial charge in [0.05, 0.1) is 13.2 Å². The highest BCUT2D eigenvalue weighted by Crippen LogP contribution is 2.29. The van der Waals surface area contributed by atoms with E-state index < -0.39 is 0 Å². The van der Waals surface area contributed by atoms with E-state index in [1.54, 1.807) is 0 Å². The van der Waals surface area contributed by atoms with E-state index in [9.17, 15) is 0 Å². The second-order valence-corrected chi connectivity index (χ2v) is 4.46. The second-order valence-electron chi connectivity index (χ2n) is 4.46. The molecule has 0 saturated carbocycles. The van der Waals surface area contributed by atoms with Gasteiger partial charge in [0.2, 0.25) is 0 Å². The zero-order valence-electron chi connectivity index (χ0n) is 8.51. The van der Waals surface area contributed by atoms with Crippen LogP contribution in [0, 0.1) is 11.8 Å². The molecule has 1 N–H and O–H groups in total. The van der Waals surface area contributed by atoms with E-state index in [0.717, 1.165) is 32.8 Å². The lowest BCUT2D eigenvalue weighted by Gasteiger charge is -2.41. The number of hydrogen-bond donors (Lipinski definition) is 1. The first-order valence-electron chi connectivity index (χ1n) is 5.17. The van der Waals surface area contributed by atoms with Gasteiger partial charge in [-0.3, -0.25) is 5.32 Å². The first-order valence-corrected chi connectivity index (χ1v) is 5.17. The number of rotatable bonds is 1. The molecule has 2 aliphatic rings. The van der Waals surface area contributed by atoms with Crippen LogP contribution in [0.5, 0.6) is 0 Å². The first kappa shape index (κ1) is 9.44. The molecule has 2 saturated heterocycles. The third kappa shape index (κ3) is 1.87. The fourth-order valence-electron chi connectivity index (χ4n) is 2.03. The van der Waals surface area contributed by atoms with E-state index in [1.807, 2.05) is 0 Å². The van der Waals surface area contributed by atoms with Crippen molar-refractivity contribution in [2.75, 3.05) is 26.4 Å². The molecule has 2 heterocycles. The minimum atomic E-state index is -0.136. The average Bonchev–Trinajstić information content (AvgIpc) is 2.63. The molecule has 0 aromatic heterocycles. The third-order valence-corrected chi connectivity index (χ3v) is 3.18. The van der Waals surface area contributed by atoms with Crippen molar-refractivity contribution in [3.8, 4) is 0 Å². The highest BCUT2D eigenvalue weighted by atomic mass is 16.5. The Morgan fingerprint density at radius 2 is 2.23 bits per heavy atom. The van der Waals surface area contributed by atoms with Gasteiger partial charge in [0.15, 0.2) is 0 Å². The summed E-state index contributed by atoms with van der Waals surface area (Å²) in [6.45, 7) is 8.03. The Kier molecular flexibility index (Phi) is 2.58. The molecule has 0 aromatic rings. The van der Waals surface area contributed by atoms with E-state index in [1.165, 1.54) is 0 Å². The van der Waals surface area contributed by atoms with Gasteiger partial charge in [0.1, 0.15) is 5.72 Å². The molecule has 3 nitrogen and oxygen atoms in total. The van der Waals surface area contributed by atoms with E-state index in [0.29, 0.717) is 11.8 Å². The van der Waals surface area contributed by atoms with Gasteiger partial charge in [-0.05, 0) is 19.3 Å². The van der Waals surface area contributed by atoms with Crippen molar-refractivity contribution >= 4 is 0 Å². The molecule has 0 radical (unpaired) electrons. The van der Waals surface area contributed by atoms with E-state index in [4.69, 9.17) is 9.47 Å². The summed E-state index contributed by atoms with van der Waals surface area (Å²) >= 11 is 0. The lowest BCUT2D eigenvalue weighted by Crippen LogP contribution is -2.57. The molecule has 2 fully saturated rings.